The molecule has 0 aromatic heterocycles. The van der Waals surface area contributed by atoms with E-state index in [1.165, 1.54) is 43.2 Å². The summed E-state index contributed by atoms with van der Waals surface area (Å²) in [6, 6.07) is 7.00. The van der Waals surface area contributed by atoms with Gasteiger partial charge in [-0.15, -0.1) is 0 Å². The summed E-state index contributed by atoms with van der Waals surface area (Å²) in [5.41, 5.74) is 2.65. The van der Waals surface area contributed by atoms with Crippen LogP contribution >= 0.6 is 0 Å². The number of hydrogen-bond donors (Lipinski definition) is 0. The van der Waals surface area contributed by atoms with Crippen LogP contribution in [0.5, 0.6) is 0 Å². The van der Waals surface area contributed by atoms with Crippen LogP contribution in [0.25, 0.3) is 5.57 Å². The molecule has 1 heterocycles. The first kappa shape index (κ1) is 13.6. The van der Waals surface area contributed by atoms with Crippen molar-refractivity contribution in [3.05, 3.63) is 41.7 Å². The summed E-state index contributed by atoms with van der Waals surface area (Å²) < 4.78 is 16.0. The Balaban J connectivity index is 1.64. The van der Waals surface area contributed by atoms with Gasteiger partial charge in [0.05, 0.1) is 0 Å². The summed E-state index contributed by atoms with van der Waals surface area (Å²) in [6.07, 6.45) is 9.18. The first-order valence-corrected chi connectivity index (χ1v) is 10.4. The van der Waals surface area contributed by atoms with Crippen LogP contribution in [0.2, 0.25) is 0 Å². The zero-order valence-corrected chi connectivity index (χ0v) is 13.4. The zero-order valence-electron chi connectivity index (χ0n) is 11.2. The minimum atomic E-state index is -0.136. The molecule has 0 radical (unpaired) electrons. The second kappa shape index (κ2) is 6.38. The average Bonchev–Trinajstić information content (AvgIpc) is 2.49. The molecule has 19 heavy (non-hydrogen) atoms. The van der Waals surface area contributed by atoms with Crippen LogP contribution in [0.1, 0.15) is 37.7 Å². The van der Waals surface area contributed by atoms with Crippen LogP contribution in [0, 0.1) is 17.7 Å². The van der Waals surface area contributed by atoms with E-state index in [1.54, 1.807) is 21.0 Å². The molecule has 1 fully saturated rings. The van der Waals surface area contributed by atoms with Gasteiger partial charge in [0.1, 0.15) is 0 Å². The summed E-state index contributed by atoms with van der Waals surface area (Å²) in [5, 5.41) is 0. The van der Waals surface area contributed by atoms with Crippen molar-refractivity contribution in [1.29, 1.82) is 0 Å². The number of alkyl halides is 2. The molecule has 0 bridgehead atoms. The van der Waals surface area contributed by atoms with E-state index in [2.05, 4.69) is 6.08 Å². The molecule has 1 atom stereocenters. The molecular formula is C17H21FI-. The predicted octanol–water partition coefficient (Wildman–Crippen LogP) is 1.51. The van der Waals surface area contributed by atoms with Crippen molar-refractivity contribution in [3.63, 3.8) is 0 Å². The van der Waals surface area contributed by atoms with Gasteiger partial charge in [-0.2, -0.15) is 0 Å². The molecule has 1 aromatic rings. The Labute approximate surface area is 125 Å². The molecule has 1 aromatic carbocycles. The maximum absolute atomic E-state index is 12.9. The number of rotatable bonds is 2. The van der Waals surface area contributed by atoms with Gasteiger partial charge < -0.3 is 0 Å². The Kier molecular flexibility index (Phi) is 4.57. The van der Waals surface area contributed by atoms with Gasteiger partial charge in [-0.3, -0.25) is 0 Å². The van der Waals surface area contributed by atoms with Crippen LogP contribution in [-0.4, -0.2) is 8.86 Å². The van der Waals surface area contributed by atoms with E-state index in [9.17, 15) is 4.39 Å². The standard InChI is InChI=1S/C17H21FI/c18-17-7-5-15(6-8-17)13-1-3-14(4-2-13)16-9-11-19-12-10-16/h1,5-8,14,16H,2-4,9-12H2/q-1. The first-order chi connectivity index (χ1) is 9.33. The fourth-order valence-corrected chi connectivity index (χ4v) is 6.37. The molecule has 3 rings (SSSR count). The summed E-state index contributed by atoms with van der Waals surface area (Å²) in [6.45, 7) is 0. The molecule has 1 aliphatic heterocycles. The number of benzene rings is 1. The van der Waals surface area contributed by atoms with Crippen molar-refractivity contribution in [1.82, 2.24) is 0 Å². The van der Waals surface area contributed by atoms with Gasteiger partial charge >= 0.3 is 126 Å². The molecule has 0 amide bonds. The third-order valence-corrected chi connectivity index (χ3v) is 7.33. The number of halogens is 2. The summed E-state index contributed by atoms with van der Waals surface area (Å²) in [7, 11) is 0. The maximum atomic E-state index is 12.9. The molecule has 0 N–H and O–H groups in total. The van der Waals surface area contributed by atoms with Gasteiger partial charge in [-0.1, -0.05) is 0 Å². The Morgan fingerprint density at radius 2 is 1.68 bits per heavy atom. The van der Waals surface area contributed by atoms with Crippen LogP contribution < -0.4 is 21.2 Å². The fraction of sp³-hybridized carbons (Fsp3) is 0.529. The van der Waals surface area contributed by atoms with Gasteiger partial charge in [0.15, 0.2) is 0 Å². The first-order valence-electron chi connectivity index (χ1n) is 7.31. The monoisotopic (exact) mass is 371 g/mol. The molecule has 0 spiro atoms. The molecule has 1 saturated heterocycles. The Bertz CT molecular complexity index is 443. The number of allylic oxidation sites excluding steroid dienone is 2. The fourth-order valence-electron chi connectivity index (χ4n) is 3.35. The minimum absolute atomic E-state index is 0.136. The van der Waals surface area contributed by atoms with Gasteiger partial charge in [-0.05, 0) is 0 Å². The molecule has 1 aliphatic carbocycles. The number of hydrogen-bond acceptors (Lipinski definition) is 0. The van der Waals surface area contributed by atoms with E-state index in [0.29, 0.717) is 21.2 Å². The third kappa shape index (κ3) is 3.39. The van der Waals surface area contributed by atoms with Gasteiger partial charge in [-0.25, -0.2) is 0 Å². The van der Waals surface area contributed by atoms with E-state index < -0.39 is 0 Å². The summed E-state index contributed by atoms with van der Waals surface area (Å²) >= 11 is 0.565. The molecule has 2 aliphatic rings. The van der Waals surface area contributed by atoms with Crippen molar-refractivity contribution in [2.45, 2.75) is 32.1 Å². The topological polar surface area (TPSA) is 0 Å². The second-order valence-corrected chi connectivity index (χ2v) is 8.91. The Morgan fingerprint density at radius 3 is 2.32 bits per heavy atom. The predicted molar refractivity (Wildman–Crippen MR) is 74.2 cm³/mol. The third-order valence-electron chi connectivity index (χ3n) is 4.56. The van der Waals surface area contributed by atoms with Crippen molar-refractivity contribution in [2.24, 2.45) is 11.8 Å². The van der Waals surface area contributed by atoms with Crippen molar-refractivity contribution >= 4 is 5.57 Å². The van der Waals surface area contributed by atoms with E-state index in [-0.39, 0.29) is 5.82 Å². The van der Waals surface area contributed by atoms with Crippen LogP contribution in [0.15, 0.2) is 30.3 Å². The Morgan fingerprint density at radius 1 is 0.947 bits per heavy atom. The summed E-state index contributed by atoms with van der Waals surface area (Å²) in [4.78, 5) is 0. The molecule has 0 nitrogen and oxygen atoms in total. The van der Waals surface area contributed by atoms with Crippen molar-refractivity contribution in [2.75, 3.05) is 8.86 Å². The van der Waals surface area contributed by atoms with E-state index in [0.717, 1.165) is 11.8 Å². The Hall–Kier alpha value is -0.380. The second-order valence-electron chi connectivity index (χ2n) is 5.68. The normalized spacial score (nSPS) is 25.5. The average molecular weight is 371 g/mol. The van der Waals surface area contributed by atoms with E-state index in [1.807, 2.05) is 12.1 Å². The van der Waals surface area contributed by atoms with Gasteiger partial charge in [0.2, 0.25) is 0 Å². The molecule has 2 heteroatoms. The zero-order chi connectivity index (χ0) is 13.1. The van der Waals surface area contributed by atoms with E-state index in [4.69, 9.17) is 0 Å². The molecule has 1 unspecified atom stereocenters. The van der Waals surface area contributed by atoms with Crippen LogP contribution in [0.4, 0.5) is 4.39 Å². The van der Waals surface area contributed by atoms with Gasteiger partial charge in [0, 0.05) is 0 Å². The molecule has 104 valence electrons. The SMILES string of the molecule is Fc1ccc(C2=CCC(C3CC[I-]CC3)CC2)cc1. The van der Waals surface area contributed by atoms with Crippen molar-refractivity contribution in [3.8, 4) is 0 Å². The van der Waals surface area contributed by atoms with Gasteiger partial charge in [0.25, 0.3) is 0 Å². The van der Waals surface area contributed by atoms with Crippen LogP contribution in [-0.2, 0) is 0 Å². The van der Waals surface area contributed by atoms with E-state index >= 15 is 0 Å². The summed E-state index contributed by atoms with van der Waals surface area (Å²) in [5.74, 6) is 1.79. The van der Waals surface area contributed by atoms with Crippen molar-refractivity contribution < 1.29 is 25.6 Å². The van der Waals surface area contributed by atoms with Crippen LogP contribution in [0.3, 0.4) is 0 Å². The molecule has 0 saturated carbocycles. The molecular weight excluding hydrogens is 350 g/mol. The quantitative estimate of drug-likeness (QED) is 0.546.